The summed E-state index contributed by atoms with van der Waals surface area (Å²) in [4.78, 5) is 0. The number of hydrogen-bond donors (Lipinski definition) is 1. The average Bonchev–Trinajstić information content (AvgIpc) is 2.79. The third kappa shape index (κ3) is 3.36. The number of nitrogens with one attached hydrogen (secondary N) is 1. The van der Waals surface area contributed by atoms with Crippen molar-refractivity contribution in [3.63, 3.8) is 0 Å². The first-order valence-electron chi connectivity index (χ1n) is 6.30. The molecule has 0 aromatic heterocycles. The summed E-state index contributed by atoms with van der Waals surface area (Å²) in [6.45, 7) is 5.96. The lowest BCUT2D eigenvalue weighted by Crippen LogP contribution is -2.23. The molecule has 2 rings (SSSR count). The fourth-order valence-corrected chi connectivity index (χ4v) is 2.42. The van der Waals surface area contributed by atoms with Crippen molar-refractivity contribution in [3.05, 3.63) is 28.3 Å². The summed E-state index contributed by atoms with van der Waals surface area (Å²) in [6.07, 6.45) is 3.66. The number of aryl methyl sites for hydroxylation is 2. The predicted octanol–water partition coefficient (Wildman–Crippen LogP) is 3.48. The molecule has 0 spiro atoms. The molecule has 1 aliphatic heterocycles. The maximum Gasteiger partial charge on any atom is 0.119 e. The van der Waals surface area contributed by atoms with Crippen molar-refractivity contribution in [2.75, 3.05) is 13.2 Å². The van der Waals surface area contributed by atoms with Crippen molar-refractivity contribution in [1.29, 1.82) is 0 Å². The summed E-state index contributed by atoms with van der Waals surface area (Å²) >= 11 is 6.12. The number of ether oxygens (including phenoxy) is 1. The Morgan fingerprint density at radius 3 is 2.65 bits per heavy atom. The van der Waals surface area contributed by atoms with Crippen LogP contribution in [0.5, 0.6) is 5.75 Å². The molecular formula is C14H20ClNO. The molecule has 1 unspecified atom stereocenters. The van der Waals surface area contributed by atoms with Gasteiger partial charge in [0, 0.05) is 11.1 Å². The van der Waals surface area contributed by atoms with Gasteiger partial charge in [-0.3, -0.25) is 0 Å². The molecule has 0 saturated carbocycles. The van der Waals surface area contributed by atoms with E-state index in [2.05, 4.69) is 5.32 Å². The second kappa shape index (κ2) is 5.74. The second-order valence-corrected chi connectivity index (χ2v) is 5.18. The minimum Gasteiger partial charge on any atom is -0.494 e. The second-order valence-electron chi connectivity index (χ2n) is 4.80. The molecule has 1 fully saturated rings. The molecule has 1 saturated heterocycles. The van der Waals surface area contributed by atoms with E-state index >= 15 is 0 Å². The van der Waals surface area contributed by atoms with Crippen LogP contribution in [0.25, 0.3) is 0 Å². The topological polar surface area (TPSA) is 21.3 Å². The van der Waals surface area contributed by atoms with Crippen LogP contribution in [0.3, 0.4) is 0 Å². The SMILES string of the molecule is Cc1cc(OCCC2CCCN2)cc(C)c1Cl. The van der Waals surface area contributed by atoms with E-state index in [-0.39, 0.29) is 0 Å². The van der Waals surface area contributed by atoms with Crippen LogP contribution in [0.15, 0.2) is 12.1 Å². The van der Waals surface area contributed by atoms with Gasteiger partial charge in [0.2, 0.25) is 0 Å². The maximum absolute atomic E-state index is 6.12. The van der Waals surface area contributed by atoms with Gasteiger partial charge in [-0.2, -0.15) is 0 Å². The Morgan fingerprint density at radius 2 is 2.06 bits per heavy atom. The van der Waals surface area contributed by atoms with Gasteiger partial charge in [0.15, 0.2) is 0 Å². The van der Waals surface area contributed by atoms with Crippen LogP contribution in [-0.2, 0) is 0 Å². The zero-order chi connectivity index (χ0) is 12.3. The van der Waals surface area contributed by atoms with Crippen LogP contribution < -0.4 is 10.1 Å². The first-order valence-corrected chi connectivity index (χ1v) is 6.67. The minimum absolute atomic E-state index is 0.643. The van der Waals surface area contributed by atoms with Crippen LogP contribution in [0, 0.1) is 13.8 Å². The van der Waals surface area contributed by atoms with Crippen LogP contribution in [0.2, 0.25) is 5.02 Å². The van der Waals surface area contributed by atoms with Gasteiger partial charge in [-0.25, -0.2) is 0 Å². The van der Waals surface area contributed by atoms with Crippen molar-refractivity contribution in [2.45, 2.75) is 39.2 Å². The van der Waals surface area contributed by atoms with Gasteiger partial charge < -0.3 is 10.1 Å². The van der Waals surface area contributed by atoms with E-state index in [1.54, 1.807) is 0 Å². The van der Waals surface area contributed by atoms with E-state index in [1.165, 1.54) is 12.8 Å². The third-order valence-corrected chi connectivity index (χ3v) is 3.90. The summed E-state index contributed by atoms with van der Waals surface area (Å²) in [5.74, 6) is 0.933. The number of hydrogen-bond acceptors (Lipinski definition) is 2. The molecule has 1 heterocycles. The highest BCUT2D eigenvalue weighted by Crippen LogP contribution is 2.26. The molecule has 0 radical (unpaired) electrons. The van der Waals surface area contributed by atoms with Crippen LogP contribution in [-0.4, -0.2) is 19.2 Å². The quantitative estimate of drug-likeness (QED) is 0.887. The first-order chi connectivity index (χ1) is 8.16. The molecule has 0 amide bonds. The lowest BCUT2D eigenvalue weighted by atomic mass is 10.1. The molecule has 1 N–H and O–H groups in total. The van der Waals surface area contributed by atoms with E-state index in [1.807, 2.05) is 26.0 Å². The lowest BCUT2D eigenvalue weighted by Gasteiger charge is -2.13. The molecule has 17 heavy (non-hydrogen) atoms. The van der Waals surface area contributed by atoms with E-state index in [4.69, 9.17) is 16.3 Å². The molecule has 2 nitrogen and oxygen atoms in total. The molecule has 1 aromatic rings. The van der Waals surface area contributed by atoms with Crippen molar-refractivity contribution in [2.24, 2.45) is 0 Å². The molecule has 0 bridgehead atoms. The maximum atomic E-state index is 6.12. The molecule has 94 valence electrons. The van der Waals surface area contributed by atoms with Crippen molar-refractivity contribution in [3.8, 4) is 5.75 Å². The van der Waals surface area contributed by atoms with E-state index in [9.17, 15) is 0 Å². The summed E-state index contributed by atoms with van der Waals surface area (Å²) in [6, 6.07) is 4.67. The fraction of sp³-hybridized carbons (Fsp3) is 0.571. The van der Waals surface area contributed by atoms with Gasteiger partial charge in [0.25, 0.3) is 0 Å². The van der Waals surface area contributed by atoms with Gasteiger partial charge in [0.05, 0.1) is 6.61 Å². The van der Waals surface area contributed by atoms with Crippen LogP contribution in [0.4, 0.5) is 0 Å². The Morgan fingerprint density at radius 1 is 1.35 bits per heavy atom. The highest BCUT2D eigenvalue weighted by Gasteiger charge is 2.13. The number of rotatable bonds is 4. The van der Waals surface area contributed by atoms with E-state index < -0.39 is 0 Å². The van der Waals surface area contributed by atoms with Gasteiger partial charge >= 0.3 is 0 Å². The summed E-state index contributed by atoms with van der Waals surface area (Å²) in [7, 11) is 0. The molecular weight excluding hydrogens is 234 g/mol. The average molecular weight is 254 g/mol. The normalized spacial score (nSPS) is 19.6. The zero-order valence-electron chi connectivity index (χ0n) is 10.6. The lowest BCUT2D eigenvalue weighted by molar-refractivity contribution is 0.292. The first kappa shape index (κ1) is 12.7. The van der Waals surface area contributed by atoms with Crippen molar-refractivity contribution in [1.82, 2.24) is 5.32 Å². The predicted molar refractivity (Wildman–Crippen MR) is 72.1 cm³/mol. The molecule has 3 heteroatoms. The molecule has 1 aromatic carbocycles. The Bertz CT molecular complexity index is 363. The van der Waals surface area contributed by atoms with Gasteiger partial charge in [0.1, 0.15) is 5.75 Å². The Kier molecular flexibility index (Phi) is 4.30. The number of benzene rings is 1. The van der Waals surface area contributed by atoms with Crippen molar-refractivity contribution < 1.29 is 4.74 Å². The zero-order valence-corrected chi connectivity index (χ0v) is 11.3. The van der Waals surface area contributed by atoms with E-state index in [0.717, 1.165) is 41.5 Å². The van der Waals surface area contributed by atoms with Crippen LogP contribution >= 0.6 is 11.6 Å². The van der Waals surface area contributed by atoms with Gasteiger partial charge in [-0.15, -0.1) is 0 Å². The molecule has 0 aliphatic carbocycles. The molecule has 1 aliphatic rings. The monoisotopic (exact) mass is 253 g/mol. The highest BCUT2D eigenvalue weighted by atomic mass is 35.5. The van der Waals surface area contributed by atoms with Crippen LogP contribution in [0.1, 0.15) is 30.4 Å². The highest BCUT2D eigenvalue weighted by molar-refractivity contribution is 6.32. The number of halogens is 1. The van der Waals surface area contributed by atoms with E-state index in [0.29, 0.717) is 6.04 Å². The summed E-state index contributed by atoms with van der Waals surface area (Å²) in [5, 5.41) is 4.32. The van der Waals surface area contributed by atoms with Crippen molar-refractivity contribution >= 4 is 11.6 Å². The van der Waals surface area contributed by atoms with Gasteiger partial charge in [-0.05, 0) is 62.9 Å². The standard InChI is InChI=1S/C14H20ClNO/c1-10-8-13(9-11(2)14(10)15)17-7-5-12-4-3-6-16-12/h8-9,12,16H,3-7H2,1-2H3. The minimum atomic E-state index is 0.643. The summed E-state index contributed by atoms with van der Waals surface area (Å²) < 4.78 is 5.79. The smallest absolute Gasteiger partial charge is 0.119 e. The fourth-order valence-electron chi connectivity index (χ4n) is 2.31. The molecule has 1 atom stereocenters. The Labute approximate surface area is 108 Å². The Hall–Kier alpha value is -0.730. The largest absolute Gasteiger partial charge is 0.494 e. The summed E-state index contributed by atoms with van der Waals surface area (Å²) in [5.41, 5.74) is 2.17. The third-order valence-electron chi connectivity index (χ3n) is 3.31. The van der Waals surface area contributed by atoms with Gasteiger partial charge in [-0.1, -0.05) is 11.6 Å². The Balaban J connectivity index is 1.86.